The highest BCUT2D eigenvalue weighted by molar-refractivity contribution is 6.06. The van der Waals surface area contributed by atoms with E-state index in [2.05, 4.69) is 0 Å². The van der Waals surface area contributed by atoms with E-state index in [1.165, 1.54) is 6.20 Å². The third kappa shape index (κ3) is 4.20. The quantitative estimate of drug-likeness (QED) is 0.876. The van der Waals surface area contributed by atoms with E-state index in [-0.39, 0.29) is 12.2 Å². The van der Waals surface area contributed by atoms with Gasteiger partial charge in [-0.15, -0.1) is 0 Å². The summed E-state index contributed by atoms with van der Waals surface area (Å²) in [7, 11) is 0. The molecule has 0 unspecified atom stereocenters. The first-order valence-corrected chi connectivity index (χ1v) is 7.15. The van der Waals surface area contributed by atoms with E-state index in [4.69, 9.17) is 10.5 Å². The van der Waals surface area contributed by atoms with Crippen molar-refractivity contribution < 1.29 is 14.3 Å². The Morgan fingerprint density at radius 3 is 2.39 bits per heavy atom. The van der Waals surface area contributed by atoms with E-state index >= 15 is 0 Å². The molecule has 5 nitrogen and oxygen atoms in total. The number of imide groups is 1. The molecule has 0 radical (unpaired) electrons. The number of allylic oxidation sites excluding steroid dienone is 1. The molecule has 2 rings (SSSR count). The average Bonchev–Trinajstić information content (AvgIpc) is 2.58. The number of nitrogens with two attached hydrogens (primary N) is 1. The fourth-order valence-electron chi connectivity index (χ4n) is 1.97. The molecule has 23 heavy (non-hydrogen) atoms. The number of ether oxygens (including phenoxy) is 1. The molecule has 0 aliphatic carbocycles. The molecular formula is C18H18N2O3. The second-order valence-corrected chi connectivity index (χ2v) is 4.78. The molecular weight excluding hydrogens is 292 g/mol. The molecule has 0 fully saturated rings. The molecule has 118 valence electrons. The van der Waals surface area contributed by atoms with Crippen molar-refractivity contribution in [1.29, 1.82) is 0 Å². The molecule has 0 aliphatic rings. The van der Waals surface area contributed by atoms with Crippen molar-refractivity contribution in [2.45, 2.75) is 13.5 Å². The van der Waals surface area contributed by atoms with Gasteiger partial charge in [0.25, 0.3) is 5.91 Å². The maximum absolute atomic E-state index is 12.5. The van der Waals surface area contributed by atoms with E-state index in [0.717, 1.165) is 10.5 Å². The van der Waals surface area contributed by atoms with Gasteiger partial charge in [0.2, 0.25) is 0 Å². The van der Waals surface area contributed by atoms with Gasteiger partial charge in [0.1, 0.15) is 6.61 Å². The molecule has 0 bridgehead atoms. The highest BCUT2D eigenvalue weighted by Gasteiger charge is 2.23. The van der Waals surface area contributed by atoms with Crippen LogP contribution in [0, 0.1) is 0 Å². The SMILES string of the molecule is C/C=C\N(C(=O)OCc1ccccc1)C(=O)c1ccccc1N. The van der Waals surface area contributed by atoms with E-state index < -0.39 is 12.0 Å². The van der Waals surface area contributed by atoms with Crippen molar-refractivity contribution in [3.05, 3.63) is 78.0 Å². The molecule has 2 aromatic rings. The largest absolute Gasteiger partial charge is 0.444 e. The van der Waals surface area contributed by atoms with Crippen LogP contribution in [-0.4, -0.2) is 16.9 Å². The van der Waals surface area contributed by atoms with Crippen LogP contribution in [-0.2, 0) is 11.3 Å². The molecule has 5 heteroatoms. The molecule has 2 amide bonds. The highest BCUT2D eigenvalue weighted by atomic mass is 16.6. The molecule has 2 aromatic carbocycles. The number of hydrogen-bond donors (Lipinski definition) is 1. The minimum atomic E-state index is -0.750. The zero-order valence-electron chi connectivity index (χ0n) is 12.8. The Labute approximate surface area is 135 Å². The maximum Gasteiger partial charge on any atom is 0.421 e. The lowest BCUT2D eigenvalue weighted by molar-refractivity contribution is 0.0728. The molecule has 0 saturated heterocycles. The summed E-state index contributed by atoms with van der Waals surface area (Å²) in [4.78, 5) is 25.6. The summed E-state index contributed by atoms with van der Waals surface area (Å²) in [5, 5.41) is 0. The first kappa shape index (κ1) is 16.3. The van der Waals surface area contributed by atoms with Crippen LogP contribution in [0.1, 0.15) is 22.8 Å². The van der Waals surface area contributed by atoms with Crippen molar-refractivity contribution in [1.82, 2.24) is 4.90 Å². The third-order valence-electron chi connectivity index (χ3n) is 3.11. The van der Waals surface area contributed by atoms with E-state index in [0.29, 0.717) is 5.69 Å². The van der Waals surface area contributed by atoms with Crippen LogP contribution in [0.5, 0.6) is 0 Å². The van der Waals surface area contributed by atoms with Crippen molar-refractivity contribution in [3.8, 4) is 0 Å². The zero-order chi connectivity index (χ0) is 16.7. The Balaban J connectivity index is 2.13. The van der Waals surface area contributed by atoms with E-state index in [1.807, 2.05) is 30.3 Å². The van der Waals surface area contributed by atoms with Gasteiger partial charge in [-0.3, -0.25) is 4.79 Å². The van der Waals surface area contributed by atoms with Crippen LogP contribution in [0.2, 0.25) is 0 Å². The number of rotatable bonds is 4. The Kier molecular flexibility index (Phi) is 5.52. The second-order valence-electron chi connectivity index (χ2n) is 4.78. The third-order valence-corrected chi connectivity index (χ3v) is 3.11. The first-order valence-electron chi connectivity index (χ1n) is 7.15. The van der Waals surface area contributed by atoms with Crippen LogP contribution >= 0.6 is 0 Å². The number of benzene rings is 2. The van der Waals surface area contributed by atoms with Crippen LogP contribution in [0.15, 0.2) is 66.9 Å². The molecule has 0 heterocycles. The Bertz CT molecular complexity index is 711. The van der Waals surface area contributed by atoms with Crippen molar-refractivity contribution in [3.63, 3.8) is 0 Å². The number of nitrogens with zero attached hydrogens (tertiary/aromatic N) is 1. The lowest BCUT2D eigenvalue weighted by Gasteiger charge is -2.17. The van der Waals surface area contributed by atoms with Gasteiger partial charge >= 0.3 is 6.09 Å². The molecule has 0 spiro atoms. The lowest BCUT2D eigenvalue weighted by atomic mass is 10.1. The minimum Gasteiger partial charge on any atom is -0.444 e. The van der Waals surface area contributed by atoms with Crippen molar-refractivity contribution in [2.75, 3.05) is 5.73 Å². The summed E-state index contributed by atoms with van der Waals surface area (Å²) in [6, 6.07) is 15.8. The first-order chi connectivity index (χ1) is 11.1. The monoisotopic (exact) mass is 310 g/mol. The average molecular weight is 310 g/mol. The fraction of sp³-hybridized carbons (Fsp3) is 0.111. The van der Waals surface area contributed by atoms with Gasteiger partial charge in [-0.2, -0.15) is 0 Å². The number of carbonyl (C=O) groups is 2. The number of para-hydroxylation sites is 1. The summed E-state index contributed by atoms with van der Waals surface area (Å²) in [5.41, 5.74) is 7.20. The zero-order valence-corrected chi connectivity index (χ0v) is 12.8. The van der Waals surface area contributed by atoms with Gasteiger partial charge in [-0.25, -0.2) is 9.69 Å². The van der Waals surface area contributed by atoms with Crippen LogP contribution < -0.4 is 5.73 Å². The number of hydrogen-bond acceptors (Lipinski definition) is 4. The van der Waals surface area contributed by atoms with Gasteiger partial charge in [0.15, 0.2) is 0 Å². The van der Waals surface area contributed by atoms with Gasteiger partial charge in [0.05, 0.1) is 5.56 Å². The molecule has 0 atom stereocenters. The van der Waals surface area contributed by atoms with Gasteiger partial charge < -0.3 is 10.5 Å². The summed E-state index contributed by atoms with van der Waals surface area (Å²) in [5.74, 6) is -0.528. The second kappa shape index (κ2) is 7.79. The summed E-state index contributed by atoms with van der Waals surface area (Å²) in [6.45, 7) is 1.80. The maximum atomic E-state index is 12.5. The van der Waals surface area contributed by atoms with Crippen LogP contribution in [0.25, 0.3) is 0 Å². The molecule has 0 saturated carbocycles. The number of anilines is 1. The van der Waals surface area contributed by atoms with Crippen molar-refractivity contribution >= 4 is 17.7 Å². The number of nitrogen functional groups attached to an aromatic ring is 1. The summed E-state index contributed by atoms with van der Waals surface area (Å²) >= 11 is 0. The van der Waals surface area contributed by atoms with Crippen LogP contribution in [0.4, 0.5) is 10.5 Å². The number of carbonyl (C=O) groups excluding carboxylic acids is 2. The van der Waals surface area contributed by atoms with Crippen LogP contribution in [0.3, 0.4) is 0 Å². The molecule has 0 aliphatic heterocycles. The van der Waals surface area contributed by atoms with Gasteiger partial charge in [-0.05, 0) is 24.6 Å². The summed E-state index contributed by atoms with van der Waals surface area (Å²) in [6.07, 6.45) is 2.20. The number of amides is 2. The Morgan fingerprint density at radius 2 is 1.74 bits per heavy atom. The van der Waals surface area contributed by atoms with E-state index in [9.17, 15) is 9.59 Å². The smallest absolute Gasteiger partial charge is 0.421 e. The van der Waals surface area contributed by atoms with Gasteiger partial charge in [0, 0.05) is 11.9 Å². The minimum absolute atomic E-state index is 0.0886. The fourth-order valence-corrected chi connectivity index (χ4v) is 1.97. The standard InChI is InChI=1S/C18H18N2O3/c1-2-12-20(17(21)15-10-6-7-11-16(15)19)18(22)23-13-14-8-4-3-5-9-14/h2-12H,13,19H2,1H3/b12-2-. The topological polar surface area (TPSA) is 72.6 Å². The summed E-state index contributed by atoms with van der Waals surface area (Å²) < 4.78 is 5.20. The Morgan fingerprint density at radius 1 is 1.09 bits per heavy atom. The van der Waals surface area contributed by atoms with E-state index in [1.54, 1.807) is 37.3 Å². The predicted octanol–water partition coefficient (Wildman–Crippen LogP) is 3.58. The predicted molar refractivity (Wildman–Crippen MR) is 88.5 cm³/mol. The normalized spacial score (nSPS) is 10.5. The Hall–Kier alpha value is -3.08. The molecule has 2 N–H and O–H groups in total. The highest BCUT2D eigenvalue weighted by Crippen LogP contribution is 2.15. The van der Waals surface area contributed by atoms with Crippen molar-refractivity contribution in [2.24, 2.45) is 0 Å². The van der Waals surface area contributed by atoms with Gasteiger partial charge in [-0.1, -0.05) is 48.5 Å². The molecule has 0 aromatic heterocycles. The lowest BCUT2D eigenvalue weighted by Crippen LogP contribution is -2.33.